The lowest BCUT2D eigenvalue weighted by Gasteiger charge is -2.26. The van der Waals surface area contributed by atoms with Crippen molar-refractivity contribution in [1.29, 1.82) is 0 Å². The number of likely N-dealkylation sites (N-methyl/N-ethyl adjacent to an activating group) is 1. The van der Waals surface area contributed by atoms with Gasteiger partial charge in [-0.3, -0.25) is 9.69 Å². The van der Waals surface area contributed by atoms with Crippen LogP contribution < -0.4 is 0 Å². The van der Waals surface area contributed by atoms with Crippen LogP contribution in [0.25, 0.3) is 0 Å². The minimum Gasteiger partial charge on any atom is -0.296 e. The third-order valence-corrected chi connectivity index (χ3v) is 4.12. The van der Waals surface area contributed by atoms with Gasteiger partial charge in [0.2, 0.25) is 0 Å². The number of benzene rings is 1. The molecule has 1 aliphatic carbocycles. The molecule has 0 spiro atoms. The van der Waals surface area contributed by atoms with Gasteiger partial charge in [0, 0.05) is 12.1 Å². The van der Waals surface area contributed by atoms with E-state index in [1.807, 2.05) is 37.3 Å². The number of carbonyl (C=O) groups excluding carboxylic acids is 1. The van der Waals surface area contributed by atoms with Crippen LogP contribution in [0.1, 0.15) is 43.0 Å². The highest BCUT2D eigenvalue weighted by molar-refractivity contribution is 5.99. The van der Waals surface area contributed by atoms with Gasteiger partial charge >= 0.3 is 0 Å². The first-order chi connectivity index (χ1) is 8.68. The third-order valence-electron chi connectivity index (χ3n) is 4.12. The van der Waals surface area contributed by atoms with E-state index in [1.165, 1.54) is 25.7 Å². The molecule has 0 radical (unpaired) electrons. The van der Waals surface area contributed by atoms with Crippen molar-refractivity contribution in [3.63, 3.8) is 0 Å². The number of hydrogen-bond acceptors (Lipinski definition) is 2. The van der Waals surface area contributed by atoms with Crippen molar-refractivity contribution in [2.75, 3.05) is 13.6 Å². The summed E-state index contributed by atoms with van der Waals surface area (Å²) in [6.07, 6.45) is 5.38. The van der Waals surface area contributed by atoms with Crippen molar-refractivity contribution in [3.8, 4) is 0 Å². The topological polar surface area (TPSA) is 20.3 Å². The number of nitrogens with zero attached hydrogens (tertiary/aromatic N) is 1. The molecule has 2 rings (SSSR count). The van der Waals surface area contributed by atoms with Crippen molar-refractivity contribution in [2.45, 2.75) is 38.6 Å². The SMILES string of the molecule is CC(C(=O)c1ccccc1)N(C)CC1CCCC1. The molecule has 1 aromatic carbocycles. The second-order valence-electron chi connectivity index (χ2n) is 5.50. The van der Waals surface area contributed by atoms with E-state index in [2.05, 4.69) is 11.9 Å². The van der Waals surface area contributed by atoms with Gasteiger partial charge in [0.1, 0.15) is 0 Å². The molecule has 18 heavy (non-hydrogen) atoms. The first kappa shape index (κ1) is 13.3. The standard InChI is InChI=1S/C16H23NO/c1-13(16(18)15-10-4-3-5-11-15)17(2)12-14-8-6-7-9-14/h3-5,10-11,13-14H,6-9,12H2,1-2H3. The summed E-state index contributed by atoms with van der Waals surface area (Å²) >= 11 is 0. The maximum atomic E-state index is 12.3. The molecule has 0 bridgehead atoms. The minimum absolute atomic E-state index is 0.0204. The van der Waals surface area contributed by atoms with Gasteiger partial charge in [-0.2, -0.15) is 0 Å². The highest BCUT2D eigenvalue weighted by Crippen LogP contribution is 2.25. The van der Waals surface area contributed by atoms with E-state index in [0.717, 1.165) is 18.0 Å². The van der Waals surface area contributed by atoms with E-state index >= 15 is 0 Å². The molecule has 2 heteroatoms. The maximum Gasteiger partial charge on any atom is 0.179 e. The molecule has 0 heterocycles. The molecule has 98 valence electrons. The van der Waals surface area contributed by atoms with Crippen LogP contribution in [-0.2, 0) is 0 Å². The van der Waals surface area contributed by atoms with Crippen LogP contribution in [0.3, 0.4) is 0 Å². The van der Waals surface area contributed by atoms with Gasteiger partial charge in [-0.15, -0.1) is 0 Å². The smallest absolute Gasteiger partial charge is 0.179 e. The van der Waals surface area contributed by atoms with Gasteiger partial charge in [0.25, 0.3) is 0 Å². The molecule has 1 aliphatic rings. The Morgan fingerprint density at radius 2 is 1.89 bits per heavy atom. The quantitative estimate of drug-likeness (QED) is 0.741. The van der Waals surface area contributed by atoms with Gasteiger partial charge in [0.05, 0.1) is 6.04 Å². The van der Waals surface area contributed by atoms with E-state index in [4.69, 9.17) is 0 Å². The molecule has 1 atom stereocenters. The molecule has 0 amide bonds. The van der Waals surface area contributed by atoms with Gasteiger partial charge in [0.15, 0.2) is 5.78 Å². The van der Waals surface area contributed by atoms with Crippen molar-refractivity contribution >= 4 is 5.78 Å². The van der Waals surface area contributed by atoms with E-state index < -0.39 is 0 Å². The minimum atomic E-state index is -0.0204. The summed E-state index contributed by atoms with van der Waals surface area (Å²) in [4.78, 5) is 14.5. The fourth-order valence-electron chi connectivity index (χ4n) is 2.80. The Kier molecular flexibility index (Phi) is 4.54. The first-order valence-electron chi connectivity index (χ1n) is 6.98. The Morgan fingerprint density at radius 3 is 2.50 bits per heavy atom. The zero-order valence-electron chi connectivity index (χ0n) is 11.4. The second kappa shape index (κ2) is 6.14. The molecule has 0 aromatic heterocycles. The highest BCUT2D eigenvalue weighted by atomic mass is 16.1. The van der Waals surface area contributed by atoms with Crippen molar-refractivity contribution < 1.29 is 4.79 Å². The molecule has 0 N–H and O–H groups in total. The van der Waals surface area contributed by atoms with Crippen LogP contribution in [0.4, 0.5) is 0 Å². The van der Waals surface area contributed by atoms with Crippen LogP contribution in [0.5, 0.6) is 0 Å². The summed E-state index contributed by atoms with van der Waals surface area (Å²) in [6, 6.07) is 9.59. The van der Waals surface area contributed by atoms with Gasteiger partial charge in [-0.25, -0.2) is 0 Å². The molecule has 1 saturated carbocycles. The summed E-state index contributed by atoms with van der Waals surface area (Å²) in [7, 11) is 2.07. The Morgan fingerprint density at radius 1 is 1.28 bits per heavy atom. The number of ketones is 1. The predicted octanol–water partition coefficient (Wildman–Crippen LogP) is 3.38. The molecule has 0 aliphatic heterocycles. The Hall–Kier alpha value is -1.15. The second-order valence-corrected chi connectivity index (χ2v) is 5.50. The normalized spacial score (nSPS) is 18.2. The van der Waals surface area contributed by atoms with Gasteiger partial charge in [-0.05, 0) is 32.7 Å². The molecule has 1 unspecified atom stereocenters. The Labute approximate surface area is 110 Å². The van der Waals surface area contributed by atoms with Crippen molar-refractivity contribution in [1.82, 2.24) is 4.90 Å². The number of rotatable bonds is 5. The zero-order chi connectivity index (χ0) is 13.0. The summed E-state index contributed by atoms with van der Waals surface area (Å²) in [5, 5.41) is 0. The molecular weight excluding hydrogens is 222 g/mol. The van der Waals surface area contributed by atoms with E-state index in [-0.39, 0.29) is 11.8 Å². The average molecular weight is 245 g/mol. The predicted molar refractivity (Wildman–Crippen MR) is 74.8 cm³/mol. The van der Waals surface area contributed by atoms with E-state index in [0.29, 0.717) is 0 Å². The van der Waals surface area contributed by atoms with Crippen LogP contribution in [-0.4, -0.2) is 30.3 Å². The fraction of sp³-hybridized carbons (Fsp3) is 0.562. The molecule has 1 aromatic rings. The molecule has 1 fully saturated rings. The van der Waals surface area contributed by atoms with Crippen LogP contribution in [0.15, 0.2) is 30.3 Å². The van der Waals surface area contributed by atoms with E-state index in [9.17, 15) is 4.79 Å². The molecular formula is C16H23NO. The summed E-state index contributed by atoms with van der Waals surface area (Å²) in [5.41, 5.74) is 0.822. The summed E-state index contributed by atoms with van der Waals surface area (Å²) in [6.45, 7) is 3.07. The number of Topliss-reactive ketones (excluding diaryl/α,β-unsaturated/α-hetero) is 1. The van der Waals surface area contributed by atoms with E-state index in [1.54, 1.807) is 0 Å². The Bertz CT molecular complexity index is 381. The fourth-order valence-corrected chi connectivity index (χ4v) is 2.80. The highest BCUT2D eigenvalue weighted by Gasteiger charge is 2.23. The van der Waals surface area contributed by atoms with Gasteiger partial charge < -0.3 is 0 Å². The number of carbonyl (C=O) groups is 1. The van der Waals surface area contributed by atoms with Crippen LogP contribution in [0, 0.1) is 5.92 Å². The van der Waals surface area contributed by atoms with Crippen molar-refractivity contribution in [3.05, 3.63) is 35.9 Å². The van der Waals surface area contributed by atoms with Gasteiger partial charge in [-0.1, -0.05) is 43.2 Å². The summed E-state index contributed by atoms with van der Waals surface area (Å²) < 4.78 is 0. The Balaban J connectivity index is 1.93. The first-order valence-corrected chi connectivity index (χ1v) is 6.98. The molecule has 2 nitrogen and oxygen atoms in total. The largest absolute Gasteiger partial charge is 0.296 e. The monoisotopic (exact) mass is 245 g/mol. The van der Waals surface area contributed by atoms with Crippen LogP contribution >= 0.6 is 0 Å². The zero-order valence-corrected chi connectivity index (χ0v) is 11.4. The lowest BCUT2D eigenvalue weighted by atomic mass is 10.0. The lowest BCUT2D eigenvalue weighted by Crippen LogP contribution is -2.38. The summed E-state index contributed by atoms with van der Waals surface area (Å²) in [5.74, 6) is 1.03. The van der Waals surface area contributed by atoms with Crippen molar-refractivity contribution in [2.24, 2.45) is 5.92 Å². The lowest BCUT2D eigenvalue weighted by molar-refractivity contribution is 0.0853. The third kappa shape index (κ3) is 3.20. The average Bonchev–Trinajstić information content (AvgIpc) is 2.91. The molecule has 0 saturated heterocycles. The maximum absolute atomic E-state index is 12.3. The van der Waals surface area contributed by atoms with Crippen LogP contribution in [0.2, 0.25) is 0 Å². The number of hydrogen-bond donors (Lipinski definition) is 0.